The molecule has 0 aromatic carbocycles. The van der Waals surface area contributed by atoms with Gasteiger partial charge in [-0.2, -0.15) is 0 Å². The molecule has 2 aromatic rings. The Morgan fingerprint density at radius 3 is 2.79 bits per heavy atom. The van der Waals surface area contributed by atoms with Crippen LogP contribution >= 0.6 is 0 Å². The molecular formula is C14H18N4O. The van der Waals surface area contributed by atoms with Crippen molar-refractivity contribution in [2.75, 3.05) is 19.4 Å². The van der Waals surface area contributed by atoms with Crippen molar-refractivity contribution in [3.63, 3.8) is 0 Å². The maximum atomic E-state index is 12.1. The van der Waals surface area contributed by atoms with Crippen molar-refractivity contribution in [2.45, 2.75) is 6.54 Å². The van der Waals surface area contributed by atoms with Gasteiger partial charge in [0.1, 0.15) is 5.69 Å². The van der Waals surface area contributed by atoms with Crippen LogP contribution in [0.1, 0.15) is 16.2 Å². The van der Waals surface area contributed by atoms with Crippen molar-refractivity contribution in [3.05, 3.63) is 48.0 Å². The van der Waals surface area contributed by atoms with Gasteiger partial charge in [0.2, 0.25) is 0 Å². The second kappa shape index (κ2) is 5.56. The van der Waals surface area contributed by atoms with E-state index in [1.807, 2.05) is 42.1 Å². The van der Waals surface area contributed by atoms with Crippen LogP contribution < -0.4 is 5.32 Å². The molecule has 0 bridgehead atoms. The monoisotopic (exact) mass is 258 g/mol. The summed E-state index contributed by atoms with van der Waals surface area (Å²) < 4.78 is 1.82. The zero-order valence-corrected chi connectivity index (χ0v) is 11.4. The maximum absolute atomic E-state index is 12.1. The molecule has 0 aliphatic carbocycles. The maximum Gasteiger partial charge on any atom is 0.272 e. The van der Waals surface area contributed by atoms with Gasteiger partial charge in [-0.1, -0.05) is 6.07 Å². The van der Waals surface area contributed by atoms with E-state index in [2.05, 4.69) is 10.3 Å². The summed E-state index contributed by atoms with van der Waals surface area (Å²) in [6, 6.07) is 7.68. The lowest BCUT2D eigenvalue weighted by Gasteiger charge is -2.14. The molecular weight excluding hydrogens is 240 g/mol. The summed E-state index contributed by atoms with van der Waals surface area (Å²) >= 11 is 0. The lowest BCUT2D eigenvalue weighted by Crippen LogP contribution is -2.25. The number of nitrogens with zero attached hydrogens (tertiary/aromatic N) is 3. The molecule has 0 aliphatic rings. The first-order valence-corrected chi connectivity index (χ1v) is 6.10. The first-order valence-electron chi connectivity index (χ1n) is 6.10. The minimum atomic E-state index is -0.0176. The molecule has 1 N–H and O–H groups in total. The number of hydrogen-bond donors (Lipinski definition) is 1. The zero-order chi connectivity index (χ0) is 13.8. The fourth-order valence-corrected chi connectivity index (χ4v) is 1.84. The molecule has 0 aliphatic heterocycles. The van der Waals surface area contributed by atoms with Crippen LogP contribution in [-0.2, 0) is 13.6 Å². The molecule has 19 heavy (non-hydrogen) atoms. The summed E-state index contributed by atoms with van der Waals surface area (Å²) in [5.41, 5.74) is 2.42. The SMILES string of the molecule is CN(C)C(=O)c1c(NCc2ccccn2)ccn1C. The third kappa shape index (κ3) is 2.93. The zero-order valence-electron chi connectivity index (χ0n) is 11.4. The molecule has 2 heterocycles. The van der Waals surface area contributed by atoms with Crippen molar-refractivity contribution >= 4 is 11.6 Å². The number of rotatable bonds is 4. The van der Waals surface area contributed by atoms with Crippen LogP contribution in [0.4, 0.5) is 5.69 Å². The highest BCUT2D eigenvalue weighted by Gasteiger charge is 2.16. The molecule has 5 nitrogen and oxygen atoms in total. The van der Waals surface area contributed by atoms with Gasteiger partial charge in [0.25, 0.3) is 5.91 Å². The molecule has 0 radical (unpaired) electrons. The second-order valence-corrected chi connectivity index (χ2v) is 4.56. The number of aromatic nitrogens is 2. The van der Waals surface area contributed by atoms with E-state index in [1.165, 1.54) is 0 Å². The van der Waals surface area contributed by atoms with E-state index in [1.54, 1.807) is 25.2 Å². The van der Waals surface area contributed by atoms with Crippen molar-refractivity contribution in [3.8, 4) is 0 Å². The van der Waals surface area contributed by atoms with Gasteiger partial charge < -0.3 is 14.8 Å². The van der Waals surface area contributed by atoms with Crippen molar-refractivity contribution in [2.24, 2.45) is 7.05 Å². The molecule has 1 amide bonds. The van der Waals surface area contributed by atoms with Gasteiger partial charge >= 0.3 is 0 Å². The van der Waals surface area contributed by atoms with Gasteiger partial charge in [0.05, 0.1) is 17.9 Å². The van der Waals surface area contributed by atoms with E-state index in [0.717, 1.165) is 11.4 Å². The van der Waals surface area contributed by atoms with E-state index >= 15 is 0 Å². The molecule has 0 atom stereocenters. The average molecular weight is 258 g/mol. The number of carbonyl (C=O) groups is 1. The molecule has 0 unspecified atom stereocenters. The number of nitrogens with one attached hydrogen (secondary N) is 1. The quantitative estimate of drug-likeness (QED) is 0.908. The van der Waals surface area contributed by atoms with Crippen LogP contribution in [0.2, 0.25) is 0 Å². The Kier molecular flexibility index (Phi) is 3.85. The number of amides is 1. The summed E-state index contributed by atoms with van der Waals surface area (Å²) in [5, 5.41) is 3.26. The number of carbonyl (C=O) groups excluding carboxylic acids is 1. The van der Waals surface area contributed by atoms with Gasteiger partial charge in [-0.25, -0.2) is 0 Å². The predicted octanol–water partition coefficient (Wildman–Crippen LogP) is 1.73. The van der Waals surface area contributed by atoms with Gasteiger partial charge in [0, 0.05) is 33.5 Å². The molecule has 2 aromatic heterocycles. The lowest BCUT2D eigenvalue weighted by molar-refractivity contribution is 0.0819. The largest absolute Gasteiger partial charge is 0.377 e. The first-order chi connectivity index (χ1) is 9.09. The predicted molar refractivity (Wildman–Crippen MR) is 75.0 cm³/mol. The Labute approximate surface area is 112 Å². The highest BCUT2D eigenvalue weighted by Crippen LogP contribution is 2.18. The standard InChI is InChI=1S/C14H18N4O/c1-17(2)14(19)13-12(7-9-18(13)3)16-10-11-6-4-5-8-15-11/h4-9,16H,10H2,1-3H3. The van der Waals surface area contributed by atoms with Crippen LogP contribution in [0.15, 0.2) is 36.7 Å². The number of pyridine rings is 1. The smallest absolute Gasteiger partial charge is 0.272 e. The van der Waals surface area contributed by atoms with E-state index < -0.39 is 0 Å². The molecule has 2 rings (SSSR count). The molecule has 0 saturated heterocycles. The molecule has 5 heteroatoms. The minimum absolute atomic E-state index is 0.0176. The lowest BCUT2D eigenvalue weighted by atomic mass is 10.3. The second-order valence-electron chi connectivity index (χ2n) is 4.56. The Hall–Kier alpha value is -2.30. The Morgan fingerprint density at radius 2 is 2.16 bits per heavy atom. The normalized spacial score (nSPS) is 10.3. The summed E-state index contributed by atoms with van der Waals surface area (Å²) in [6.07, 6.45) is 3.63. The van der Waals surface area contributed by atoms with E-state index in [0.29, 0.717) is 12.2 Å². The van der Waals surface area contributed by atoms with Gasteiger partial charge in [-0.05, 0) is 18.2 Å². The summed E-state index contributed by atoms with van der Waals surface area (Å²) in [6.45, 7) is 0.596. The first kappa shape index (κ1) is 13.1. The molecule has 0 fully saturated rings. The third-order valence-electron chi connectivity index (χ3n) is 2.87. The Balaban J connectivity index is 2.15. The fourth-order valence-electron chi connectivity index (χ4n) is 1.84. The summed E-state index contributed by atoms with van der Waals surface area (Å²) in [7, 11) is 5.36. The number of anilines is 1. The van der Waals surface area contributed by atoms with Crippen molar-refractivity contribution in [1.82, 2.24) is 14.5 Å². The van der Waals surface area contributed by atoms with E-state index in [9.17, 15) is 4.79 Å². The van der Waals surface area contributed by atoms with Crippen molar-refractivity contribution < 1.29 is 4.79 Å². The summed E-state index contributed by atoms with van der Waals surface area (Å²) in [4.78, 5) is 17.9. The summed E-state index contributed by atoms with van der Waals surface area (Å²) in [5.74, 6) is -0.0176. The van der Waals surface area contributed by atoms with Crippen LogP contribution in [0.5, 0.6) is 0 Å². The van der Waals surface area contributed by atoms with Gasteiger partial charge in [-0.15, -0.1) is 0 Å². The van der Waals surface area contributed by atoms with E-state index in [4.69, 9.17) is 0 Å². The van der Waals surface area contributed by atoms with Gasteiger partial charge in [0.15, 0.2) is 0 Å². The molecule has 0 saturated carbocycles. The van der Waals surface area contributed by atoms with Crippen LogP contribution in [0.25, 0.3) is 0 Å². The van der Waals surface area contributed by atoms with Crippen LogP contribution in [0.3, 0.4) is 0 Å². The highest BCUT2D eigenvalue weighted by atomic mass is 16.2. The van der Waals surface area contributed by atoms with Crippen LogP contribution in [-0.4, -0.2) is 34.5 Å². The Bertz CT molecular complexity index is 560. The number of hydrogen-bond acceptors (Lipinski definition) is 3. The average Bonchev–Trinajstić information content (AvgIpc) is 2.77. The van der Waals surface area contributed by atoms with Crippen molar-refractivity contribution in [1.29, 1.82) is 0 Å². The fraction of sp³-hybridized carbons (Fsp3) is 0.286. The highest BCUT2D eigenvalue weighted by molar-refractivity contribution is 5.97. The minimum Gasteiger partial charge on any atom is -0.377 e. The van der Waals surface area contributed by atoms with Crippen LogP contribution in [0, 0.1) is 0 Å². The molecule has 0 spiro atoms. The molecule has 100 valence electrons. The van der Waals surface area contributed by atoms with Gasteiger partial charge in [-0.3, -0.25) is 9.78 Å². The topological polar surface area (TPSA) is 50.2 Å². The number of aryl methyl sites for hydroxylation is 1. The van der Waals surface area contributed by atoms with E-state index in [-0.39, 0.29) is 5.91 Å². The third-order valence-corrected chi connectivity index (χ3v) is 2.87. The Morgan fingerprint density at radius 1 is 1.37 bits per heavy atom.